The number of hydrogen-bond donors (Lipinski definition) is 1. The summed E-state index contributed by atoms with van der Waals surface area (Å²) in [6, 6.07) is 9.46. The summed E-state index contributed by atoms with van der Waals surface area (Å²) in [5.74, 6) is 0.0848. The molecule has 2 aliphatic heterocycles. The molecule has 1 amide bonds. The van der Waals surface area contributed by atoms with Crippen molar-refractivity contribution in [3.8, 4) is 11.5 Å². The van der Waals surface area contributed by atoms with Crippen molar-refractivity contribution in [2.75, 3.05) is 33.1 Å². The molecule has 2 aromatic carbocycles. The largest absolute Gasteiger partial charge is 0.493 e. The SMILES string of the molecule is COc1cc(Br)c([C@@H]2CN(C)[C@]3(C(=O)Nc4ccccc43)[C@H]2[N+](=O)[O-])cc1OC. The molecule has 2 aliphatic rings. The molecular formula is C20H20BrN3O5. The Labute approximate surface area is 176 Å². The number of carbonyl (C=O) groups is 1. The third kappa shape index (κ3) is 2.64. The number of ether oxygens (including phenoxy) is 2. The summed E-state index contributed by atoms with van der Waals surface area (Å²) in [7, 11) is 4.80. The van der Waals surface area contributed by atoms with E-state index in [-0.39, 0.29) is 10.8 Å². The van der Waals surface area contributed by atoms with Gasteiger partial charge in [-0.1, -0.05) is 34.1 Å². The Bertz CT molecular complexity index is 1010. The molecule has 1 N–H and O–H groups in total. The number of fused-ring (bicyclic) bond motifs is 2. The van der Waals surface area contributed by atoms with Gasteiger partial charge in [0.25, 0.3) is 11.9 Å². The van der Waals surface area contributed by atoms with Gasteiger partial charge >= 0.3 is 0 Å². The molecule has 152 valence electrons. The van der Waals surface area contributed by atoms with Crippen molar-refractivity contribution in [2.45, 2.75) is 17.5 Å². The van der Waals surface area contributed by atoms with Crippen molar-refractivity contribution in [3.63, 3.8) is 0 Å². The van der Waals surface area contributed by atoms with Crippen molar-refractivity contribution < 1.29 is 19.2 Å². The molecular weight excluding hydrogens is 442 g/mol. The van der Waals surface area contributed by atoms with E-state index in [1.54, 1.807) is 48.3 Å². The van der Waals surface area contributed by atoms with Crippen molar-refractivity contribution >= 4 is 27.5 Å². The van der Waals surface area contributed by atoms with Crippen molar-refractivity contribution in [1.82, 2.24) is 4.90 Å². The number of likely N-dealkylation sites (N-methyl/N-ethyl adjacent to an activating group) is 1. The van der Waals surface area contributed by atoms with E-state index in [4.69, 9.17) is 9.47 Å². The summed E-state index contributed by atoms with van der Waals surface area (Å²) in [6.45, 7) is 0.335. The zero-order chi connectivity index (χ0) is 20.9. The minimum absolute atomic E-state index is 0.334. The maximum absolute atomic E-state index is 13.2. The predicted octanol–water partition coefficient (Wildman–Crippen LogP) is 2.99. The highest BCUT2D eigenvalue weighted by Crippen LogP contribution is 2.53. The van der Waals surface area contributed by atoms with Gasteiger partial charge < -0.3 is 14.8 Å². The number of nitrogens with one attached hydrogen (secondary N) is 1. The first-order chi connectivity index (χ1) is 13.9. The van der Waals surface area contributed by atoms with Gasteiger partial charge in [0.05, 0.1) is 20.1 Å². The zero-order valence-electron chi connectivity index (χ0n) is 16.1. The lowest BCUT2D eigenvalue weighted by Gasteiger charge is -2.30. The van der Waals surface area contributed by atoms with Gasteiger partial charge in [0, 0.05) is 27.2 Å². The molecule has 2 heterocycles. The van der Waals surface area contributed by atoms with Crippen LogP contribution >= 0.6 is 15.9 Å². The van der Waals surface area contributed by atoms with Gasteiger partial charge in [0.2, 0.25) is 0 Å². The number of methoxy groups -OCH3 is 2. The van der Waals surface area contributed by atoms with E-state index in [2.05, 4.69) is 21.2 Å². The van der Waals surface area contributed by atoms with Crippen LogP contribution in [-0.4, -0.2) is 49.6 Å². The second-order valence-electron chi connectivity index (χ2n) is 7.21. The number of para-hydroxylation sites is 1. The minimum atomic E-state index is -1.38. The summed E-state index contributed by atoms with van der Waals surface area (Å²) in [4.78, 5) is 27.0. The standard InChI is InChI=1S/C20H20BrN3O5/c1-23-10-12(11-8-16(28-2)17(29-3)9-14(11)21)18(24(26)27)20(23)13-6-4-5-7-15(13)22-19(20)25/h4-9,12,18H,10H2,1-3H3,(H,22,25)/t12-,18-,20-/m0/s1. The number of nitro groups is 1. The van der Waals surface area contributed by atoms with Gasteiger partial charge in [-0.15, -0.1) is 0 Å². The van der Waals surface area contributed by atoms with Crippen molar-refractivity contribution in [3.05, 3.63) is 62.1 Å². The second kappa shape index (κ2) is 7.00. The van der Waals surface area contributed by atoms with E-state index in [9.17, 15) is 14.9 Å². The normalized spacial score (nSPS) is 25.7. The number of hydrogen-bond acceptors (Lipinski definition) is 6. The van der Waals surface area contributed by atoms with E-state index in [0.717, 1.165) is 0 Å². The molecule has 0 aliphatic carbocycles. The van der Waals surface area contributed by atoms with Crippen LogP contribution in [0.25, 0.3) is 0 Å². The van der Waals surface area contributed by atoms with Crippen LogP contribution in [0.3, 0.4) is 0 Å². The van der Waals surface area contributed by atoms with E-state index >= 15 is 0 Å². The van der Waals surface area contributed by atoms with E-state index < -0.39 is 17.5 Å². The molecule has 8 nitrogen and oxygen atoms in total. The molecule has 2 aromatic rings. The number of carbonyl (C=O) groups excluding carboxylic acids is 1. The third-order valence-corrected chi connectivity index (χ3v) is 6.63. The fraction of sp³-hybridized carbons (Fsp3) is 0.350. The molecule has 3 atom stereocenters. The molecule has 1 spiro atoms. The Kier molecular flexibility index (Phi) is 4.74. The first-order valence-electron chi connectivity index (χ1n) is 9.03. The van der Waals surface area contributed by atoms with Crippen LogP contribution in [0.2, 0.25) is 0 Å². The molecule has 4 rings (SSSR count). The Morgan fingerprint density at radius 1 is 1.24 bits per heavy atom. The number of halogens is 1. The smallest absolute Gasteiger partial charge is 0.256 e. The molecule has 0 bridgehead atoms. The van der Waals surface area contributed by atoms with E-state index in [1.807, 2.05) is 0 Å². The lowest BCUT2D eigenvalue weighted by molar-refractivity contribution is -0.534. The summed E-state index contributed by atoms with van der Waals surface area (Å²) >= 11 is 3.52. The molecule has 9 heteroatoms. The monoisotopic (exact) mass is 461 g/mol. The number of amides is 1. The first kappa shape index (κ1) is 19.7. The molecule has 0 radical (unpaired) electrons. The highest BCUT2D eigenvalue weighted by molar-refractivity contribution is 9.10. The molecule has 29 heavy (non-hydrogen) atoms. The number of likely N-dealkylation sites (tertiary alicyclic amines) is 1. The maximum Gasteiger partial charge on any atom is 0.256 e. The lowest BCUT2D eigenvalue weighted by atomic mass is 9.79. The van der Waals surface area contributed by atoms with Crippen LogP contribution < -0.4 is 14.8 Å². The summed E-state index contributed by atoms with van der Waals surface area (Å²) < 4.78 is 11.4. The van der Waals surface area contributed by atoms with Crippen LogP contribution in [-0.2, 0) is 10.3 Å². The fourth-order valence-electron chi connectivity index (χ4n) is 4.71. The molecule has 1 saturated heterocycles. The van der Waals surface area contributed by atoms with Gasteiger partial charge in [-0.25, -0.2) is 0 Å². The lowest BCUT2D eigenvalue weighted by Crippen LogP contribution is -2.54. The van der Waals surface area contributed by atoms with Crippen LogP contribution in [0.1, 0.15) is 17.0 Å². The maximum atomic E-state index is 13.2. The highest BCUT2D eigenvalue weighted by Gasteiger charge is 2.68. The average Bonchev–Trinajstić information content (AvgIpc) is 3.17. The fourth-order valence-corrected chi connectivity index (χ4v) is 5.33. The Hall–Kier alpha value is -2.65. The summed E-state index contributed by atoms with van der Waals surface area (Å²) in [5.41, 5.74) is 0.568. The van der Waals surface area contributed by atoms with Gasteiger partial charge in [-0.2, -0.15) is 0 Å². The molecule has 0 unspecified atom stereocenters. The van der Waals surface area contributed by atoms with E-state index in [1.165, 1.54) is 14.2 Å². The molecule has 0 saturated carbocycles. The van der Waals surface area contributed by atoms with Gasteiger partial charge in [-0.05, 0) is 30.8 Å². The van der Waals surface area contributed by atoms with Gasteiger partial charge in [0.15, 0.2) is 17.0 Å². The Balaban J connectivity index is 1.91. The average molecular weight is 462 g/mol. The van der Waals surface area contributed by atoms with Crippen LogP contribution in [0.15, 0.2) is 40.9 Å². The third-order valence-electron chi connectivity index (χ3n) is 5.94. The summed E-state index contributed by atoms with van der Waals surface area (Å²) in [5, 5.41) is 15.2. The topological polar surface area (TPSA) is 93.9 Å². The predicted molar refractivity (Wildman–Crippen MR) is 110 cm³/mol. The Morgan fingerprint density at radius 2 is 1.90 bits per heavy atom. The highest BCUT2D eigenvalue weighted by atomic mass is 79.9. The number of nitrogens with zero attached hydrogens (tertiary/aromatic N) is 2. The second-order valence-corrected chi connectivity index (χ2v) is 8.07. The zero-order valence-corrected chi connectivity index (χ0v) is 17.7. The molecule has 1 fully saturated rings. The van der Waals surface area contributed by atoms with Gasteiger partial charge in [0.1, 0.15) is 0 Å². The number of rotatable bonds is 4. The number of anilines is 1. The van der Waals surface area contributed by atoms with Crippen molar-refractivity contribution in [2.24, 2.45) is 0 Å². The van der Waals surface area contributed by atoms with Crippen LogP contribution in [0.5, 0.6) is 11.5 Å². The van der Waals surface area contributed by atoms with Crippen LogP contribution in [0.4, 0.5) is 5.69 Å². The van der Waals surface area contributed by atoms with Crippen molar-refractivity contribution in [1.29, 1.82) is 0 Å². The first-order valence-corrected chi connectivity index (χ1v) is 9.82. The molecule has 0 aromatic heterocycles. The van der Waals surface area contributed by atoms with E-state index in [0.29, 0.717) is 39.3 Å². The van der Waals surface area contributed by atoms with Gasteiger partial charge in [-0.3, -0.25) is 19.8 Å². The minimum Gasteiger partial charge on any atom is -0.493 e. The van der Waals surface area contributed by atoms with Crippen LogP contribution in [0, 0.1) is 10.1 Å². The number of benzene rings is 2. The quantitative estimate of drug-likeness (QED) is 0.555. The Morgan fingerprint density at radius 3 is 2.55 bits per heavy atom. The summed E-state index contributed by atoms with van der Waals surface area (Å²) in [6.07, 6.45) is 0.